The highest BCUT2D eigenvalue weighted by Crippen LogP contribution is 2.18. The molecule has 22 heavy (non-hydrogen) atoms. The topological polar surface area (TPSA) is 78.4 Å². The highest BCUT2D eigenvalue weighted by atomic mass is 35.5. The summed E-state index contributed by atoms with van der Waals surface area (Å²) in [6.45, 7) is 0.106. The zero-order chi connectivity index (χ0) is 15.9. The second-order valence-corrected chi connectivity index (χ2v) is 5.07. The Hall–Kier alpha value is -2.37. The summed E-state index contributed by atoms with van der Waals surface area (Å²) >= 11 is 5.86. The van der Waals surface area contributed by atoms with Gasteiger partial charge in [-0.2, -0.15) is 0 Å². The molecule has 0 fully saturated rings. The zero-order valence-corrected chi connectivity index (χ0v) is 12.4. The van der Waals surface area contributed by atoms with Gasteiger partial charge in [-0.15, -0.1) is 0 Å². The van der Waals surface area contributed by atoms with Gasteiger partial charge >= 0.3 is 0 Å². The number of nitrogens with one attached hydrogen (secondary N) is 2. The SMILES string of the molecule is O=CNCC(O)c1cccc(NC(=O)c2cccc(Cl)c2)c1. The lowest BCUT2D eigenvalue weighted by molar-refractivity contribution is -0.109. The summed E-state index contributed by atoms with van der Waals surface area (Å²) in [5.41, 5.74) is 1.59. The van der Waals surface area contributed by atoms with Crippen LogP contribution in [-0.4, -0.2) is 24.0 Å². The molecule has 0 spiro atoms. The lowest BCUT2D eigenvalue weighted by Crippen LogP contribution is -2.19. The van der Waals surface area contributed by atoms with Gasteiger partial charge < -0.3 is 15.7 Å². The van der Waals surface area contributed by atoms with E-state index in [1.807, 2.05) is 0 Å². The van der Waals surface area contributed by atoms with Crippen molar-refractivity contribution < 1.29 is 14.7 Å². The molecule has 2 aromatic carbocycles. The van der Waals surface area contributed by atoms with Crippen molar-refractivity contribution in [3.05, 3.63) is 64.7 Å². The van der Waals surface area contributed by atoms with Gasteiger partial charge in [-0.05, 0) is 35.9 Å². The van der Waals surface area contributed by atoms with Crippen LogP contribution in [0.15, 0.2) is 48.5 Å². The van der Waals surface area contributed by atoms with E-state index < -0.39 is 6.10 Å². The number of rotatable bonds is 6. The lowest BCUT2D eigenvalue weighted by Gasteiger charge is -2.12. The maximum absolute atomic E-state index is 12.1. The van der Waals surface area contributed by atoms with Crippen LogP contribution in [0.1, 0.15) is 22.0 Å². The molecule has 114 valence electrons. The van der Waals surface area contributed by atoms with Gasteiger partial charge in [0.1, 0.15) is 0 Å². The monoisotopic (exact) mass is 318 g/mol. The molecule has 0 aromatic heterocycles. The second kappa shape index (κ2) is 7.59. The third-order valence-electron chi connectivity index (χ3n) is 3.01. The first-order valence-corrected chi connectivity index (χ1v) is 7.00. The molecule has 1 unspecified atom stereocenters. The van der Waals surface area contributed by atoms with E-state index >= 15 is 0 Å². The van der Waals surface area contributed by atoms with Gasteiger partial charge in [-0.25, -0.2) is 0 Å². The molecule has 0 heterocycles. The number of anilines is 1. The molecule has 5 nitrogen and oxygen atoms in total. The van der Waals surface area contributed by atoms with Gasteiger partial charge in [0.15, 0.2) is 0 Å². The van der Waals surface area contributed by atoms with Crippen molar-refractivity contribution in [2.45, 2.75) is 6.10 Å². The van der Waals surface area contributed by atoms with Crippen molar-refractivity contribution in [2.24, 2.45) is 0 Å². The smallest absolute Gasteiger partial charge is 0.255 e. The molecule has 0 radical (unpaired) electrons. The maximum atomic E-state index is 12.1. The first-order chi connectivity index (χ1) is 10.6. The Kier molecular flexibility index (Phi) is 5.52. The van der Waals surface area contributed by atoms with E-state index in [9.17, 15) is 14.7 Å². The van der Waals surface area contributed by atoms with E-state index in [1.54, 1.807) is 48.5 Å². The molecule has 0 saturated heterocycles. The molecule has 0 bridgehead atoms. The number of aliphatic hydroxyl groups excluding tert-OH is 1. The van der Waals surface area contributed by atoms with Crippen LogP contribution in [-0.2, 0) is 4.79 Å². The summed E-state index contributed by atoms with van der Waals surface area (Å²) in [6.07, 6.45) is -0.318. The molecule has 0 aliphatic carbocycles. The molecule has 2 rings (SSSR count). The fraction of sp³-hybridized carbons (Fsp3) is 0.125. The average Bonchev–Trinajstić information content (AvgIpc) is 2.52. The molecule has 6 heteroatoms. The average molecular weight is 319 g/mol. The Morgan fingerprint density at radius 1 is 1.23 bits per heavy atom. The predicted molar refractivity (Wildman–Crippen MR) is 84.9 cm³/mol. The number of hydrogen-bond acceptors (Lipinski definition) is 3. The number of aliphatic hydroxyl groups is 1. The van der Waals surface area contributed by atoms with E-state index in [0.29, 0.717) is 28.2 Å². The molecule has 2 amide bonds. The standard InChI is InChI=1S/C16H15ClN2O3/c17-13-5-1-4-12(7-13)16(22)19-14-6-2-3-11(8-14)15(21)9-18-10-20/h1-8,10,15,21H,9H2,(H,18,20)(H,19,22). The number of hydrogen-bond donors (Lipinski definition) is 3. The van der Waals surface area contributed by atoms with Crippen LogP contribution in [0.4, 0.5) is 5.69 Å². The molecule has 2 aromatic rings. The Labute approximate surface area is 132 Å². The van der Waals surface area contributed by atoms with Crippen molar-refractivity contribution in [1.29, 1.82) is 0 Å². The van der Waals surface area contributed by atoms with Crippen molar-refractivity contribution in [3.63, 3.8) is 0 Å². The zero-order valence-electron chi connectivity index (χ0n) is 11.6. The Balaban J connectivity index is 2.10. The van der Waals surface area contributed by atoms with Crippen molar-refractivity contribution in [3.8, 4) is 0 Å². The summed E-state index contributed by atoms with van der Waals surface area (Å²) in [6, 6.07) is 13.4. The minimum absolute atomic E-state index is 0.106. The highest BCUT2D eigenvalue weighted by molar-refractivity contribution is 6.31. The number of benzene rings is 2. The molecule has 3 N–H and O–H groups in total. The van der Waals surface area contributed by atoms with E-state index in [2.05, 4.69) is 10.6 Å². The third-order valence-corrected chi connectivity index (χ3v) is 3.25. The van der Waals surface area contributed by atoms with Gasteiger partial charge in [0.2, 0.25) is 6.41 Å². The van der Waals surface area contributed by atoms with Gasteiger partial charge in [0.05, 0.1) is 6.10 Å². The van der Waals surface area contributed by atoms with Crippen LogP contribution >= 0.6 is 11.6 Å². The number of amides is 2. The normalized spacial score (nSPS) is 11.5. The summed E-state index contributed by atoms with van der Waals surface area (Å²) in [7, 11) is 0. The predicted octanol–water partition coefficient (Wildman–Crippen LogP) is 2.37. The minimum Gasteiger partial charge on any atom is -0.387 e. The first kappa shape index (κ1) is 16.0. The van der Waals surface area contributed by atoms with Gasteiger partial charge in [-0.3, -0.25) is 9.59 Å². The van der Waals surface area contributed by atoms with Crippen LogP contribution in [0, 0.1) is 0 Å². The van der Waals surface area contributed by atoms with Gasteiger partial charge in [-0.1, -0.05) is 29.8 Å². The quantitative estimate of drug-likeness (QED) is 0.715. The molecule has 0 aliphatic heterocycles. The van der Waals surface area contributed by atoms with Gasteiger partial charge in [0, 0.05) is 22.8 Å². The van der Waals surface area contributed by atoms with Crippen LogP contribution in [0.5, 0.6) is 0 Å². The van der Waals surface area contributed by atoms with E-state index in [4.69, 9.17) is 11.6 Å². The number of carbonyl (C=O) groups excluding carboxylic acids is 2. The van der Waals surface area contributed by atoms with Crippen LogP contribution in [0.2, 0.25) is 5.02 Å². The lowest BCUT2D eigenvalue weighted by atomic mass is 10.1. The van der Waals surface area contributed by atoms with Crippen molar-refractivity contribution in [1.82, 2.24) is 5.32 Å². The molecular weight excluding hydrogens is 304 g/mol. The maximum Gasteiger partial charge on any atom is 0.255 e. The second-order valence-electron chi connectivity index (χ2n) is 4.63. The summed E-state index contributed by atoms with van der Waals surface area (Å²) in [5, 5.41) is 15.5. The fourth-order valence-electron chi connectivity index (χ4n) is 1.93. The largest absolute Gasteiger partial charge is 0.387 e. The van der Waals surface area contributed by atoms with Crippen LogP contribution < -0.4 is 10.6 Å². The van der Waals surface area contributed by atoms with Crippen LogP contribution in [0.25, 0.3) is 0 Å². The summed E-state index contributed by atoms with van der Waals surface area (Å²) < 4.78 is 0. The van der Waals surface area contributed by atoms with E-state index in [1.165, 1.54) is 0 Å². The van der Waals surface area contributed by atoms with E-state index in [-0.39, 0.29) is 12.5 Å². The Morgan fingerprint density at radius 2 is 2.00 bits per heavy atom. The van der Waals surface area contributed by atoms with E-state index in [0.717, 1.165) is 0 Å². The molecular formula is C16H15ClN2O3. The summed E-state index contributed by atoms with van der Waals surface area (Å²) in [5.74, 6) is -0.292. The van der Waals surface area contributed by atoms with Crippen molar-refractivity contribution >= 4 is 29.6 Å². The Bertz CT molecular complexity index is 676. The number of halogens is 1. The molecule has 1 atom stereocenters. The fourth-order valence-corrected chi connectivity index (χ4v) is 2.12. The van der Waals surface area contributed by atoms with Crippen LogP contribution in [0.3, 0.4) is 0 Å². The third kappa shape index (κ3) is 4.31. The summed E-state index contributed by atoms with van der Waals surface area (Å²) in [4.78, 5) is 22.4. The minimum atomic E-state index is -0.840. The highest BCUT2D eigenvalue weighted by Gasteiger charge is 2.10. The first-order valence-electron chi connectivity index (χ1n) is 6.62. The number of carbonyl (C=O) groups is 2. The molecule has 0 aliphatic rings. The van der Waals surface area contributed by atoms with Crippen molar-refractivity contribution in [2.75, 3.05) is 11.9 Å². The Morgan fingerprint density at radius 3 is 2.73 bits per heavy atom. The molecule has 0 saturated carbocycles. The van der Waals surface area contributed by atoms with Gasteiger partial charge in [0.25, 0.3) is 5.91 Å².